The van der Waals surface area contributed by atoms with E-state index in [2.05, 4.69) is 48.6 Å². The minimum absolute atomic E-state index is 0.0581. The Labute approximate surface area is 500 Å². The molecule has 2 aliphatic carbocycles. The monoisotopic (exact) mass is 1140 g/mol. The average molecular weight is 1140 g/mol. The highest BCUT2D eigenvalue weighted by Crippen LogP contribution is 2.46. The summed E-state index contributed by atoms with van der Waals surface area (Å²) in [5, 5.41) is 84.1. The third-order valence-electron chi connectivity index (χ3n) is 15.9. The first-order valence-electron chi connectivity index (χ1n) is 27.3. The van der Waals surface area contributed by atoms with E-state index in [1.54, 1.807) is 69.8 Å². The average Bonchev–Trinajstić information content (AvgIpc) is 2.00. The maximum atomic E-state index is 17.1. The van der Waals surface area contributed by atoms with Crippen LogP contribution in [0, 0.1) is 90.6 Å². The first-order valence-corrected chi connectivity index (χ1v) is 27.3. The molecular weight excluding hydrogens is 1100 g/mol. The van der Waals surface area contributed by atoms with Gasteiger partial charge in [0.2, 0.25) is 0 Å². The van der Waals surface area contributed by atoms with E-state index in [-0.39, 0.29) is 63.2 Å². The van der Waals surface area contributed by atoms with Gasteiger partial charge in [-0.15, -0.1) is 0 Å². The van der Waals surface area contributed by atoms with Crippen molar-refractivity contribution in [3.05, 3.63) is 255 Å². The number of benzene rings is 8. The highest BCUT2D eigenvalue weighted by atomic mass is 19.4. The number of nitrogens with zero attached hydrogens (tertiary/aromatic N) is 11. The molecule has 88 heavy (non-hydrogen) atoms. The number of alkyl halides is 3. The van der Waals surface area contributed by atoms with Crippen molar-refractivity contribution in [3.8, 4) is 105 Å². The van der Waals surface area contributed by atoms with Gasteiger partial charge in [0.25, 0.3) is 0 Å². The second-order valence-electron chi connectivity index (χ2n) is 21.2. The summed E-state index contributed by atoms with van der Waals surface area (Å²) in [7, 11) is 0. The van der Waals surface area contributed by atoms with Gasteiger partial charge in [0, 0.05) is 56.7 Å². The van der Waals surface area contributed by atoms with Crippen LogP contribution in [0.25, 0.3) is 111 Å². The smallest absolute Gasteiger partial charge is 0.309 e. The zero-order chi connectivity index (χ0) is 61.0. The highest BCUT2D eigenvalue weighted by molar-refractivity contribution is 6.13. The summed E-state index contributed by atoms with van der Waals surface area (Å²) in [6.07, 6.45) is 1.57. The van der Waals surface area contributed by atoms with Crippen molar-refractivity contribution in [1.29, 1.82) is 42.1 Å². The zero-order valence-corrected chi connectivity index (χ0v) is 45.9. The van der Waals surface area contributed by atoms with E-state index in [0.717, 1.165) is 11.6 Å². The molecule has 0 radical (unpaired) electrons. The van der Waals surface area contributed by atoms with Crippen LogP contribution in [0.5, 0.6) is 0 Å². The Morgan fingerprint density at radius 2 is 0.807 bits per heavy atom. The fourth-order valence-corrected chi connectivity index (χ4v) is 12.0. The van der Waals surface area contributed by atoms with Crippen LogP contribution in [-0.4, -0.2) is 14.1 Å². The van der Waals surface area contributed by atoms with Crippen molar-refractivity contribution in [1.82, 2.24) is 14.1 Å². The molecule has 0 saturated heterocycles. The Morgan fingerprint density at radius 1 is 0.364 bits per heavy atom. The molecule has 8 aromatic carbocycles. The summed E-state index contributed by atoms with van der Waals surface area (Å²) < 4.78 is 54.7. The standard InChI is InChI=1S/C74H36F3N11/c75-74(76,77)65-34-72(87-68-29-52(56-21-43(35-78)17-44(22-56)36-79)9-13-60(68)61-14-10-53(30-69(61)87)57-23-45(37-80)18-46(24-57)38-81)64(67-8-4-7-66(86-67)51-5-2-1-3-6-51)33-73(65)88-70-31-54(58-25-47(39-82)19-48(26-58)40-83)11-15-62(70)63-16-12-55(32-71(63)88)59-27-49(41-84)20-50(28-59)42-85/h1-25,27,29-34H,26,28H2. The van der Waals surface area contributed by atoms with Gasteiger partial charge < -0.3 is 9.13 Å². The van der Waals surface area contributed by atoms with Crippen molar-refractivity contribution >= 4 is 54.8 Å². The van der Waals surface area contributed by atoms with Crippen LogP contribution in [0.3, 0.4) is 0 Å². The molecule has 0 spiro atoms. The Kier molecular flexibility index (Phi) is 13.3. The summed E-state index contributed by atoms with van der Waals surface area (Å²) in [5.74, 6) is 0. The predicted molar refractivity (Wildman–Crippen MR) is 329 cm³/mol. The summed E-state index contributed by atoms with van der Waals surface area (Å²) in [6, 6.07) is 65.8. The summed E-state index contributed by atoms with van der Waals surface area (Å²) >= 11 is 0. The van der Waals surface area contributed by atoms with Crippen molar-refractivity contribution in [2.24, 2.45) is 0 Å². The van der Waals surface area contributed by atoms with E-state index in [4.69, 9.17) is 4.98 Å². The van der Waals surface area contributed by atoms with Crippen molar-refractivity contribution < 1.29 is 13.2 Å². The van der Waals surface area contributed by atoms with Gasteiger partial charge in [-0.25, -0.2) is 4.98 Å². The molecule has 0 aliphatic heterocycles. The Bertz CT molecular complexity index is 5260. The maximum absolute atomic E-state index is 17.1. The SMILES string of the molecule is N#CC1=CC(=c2ccc3c4ccc(=C5C=C(C#N)C=C(C#N)C5)cc4n(-c4cc(-c5cccc(-c6ccccc6)n5)c(-n5c6cc(-c7cc(C#N)cc(C#N)c7)ccc6c6ccc(-c7cc(C#N)cc(C#N)c7)cc65)cc4C(F)(F)F)c3c2)CC(C#N)=C1. The minimum Gasteiger partial charge on any atom is -0.309 e. The van der Waals surface area contributed by atoms with Crippen molar-refractivity contribution in [3.63, 3.8) is 0 Å². The van der Waals surface area contributed by atoms with Gasteiger partial charge in [-0.3, -0.25) is 0 Å². The van der Waals surface area contributed by atoms with Gasteiger partial charge in [0.1, 0.15) is 0 Å². The minimum atomic E-state index is -5.09. The molecule has 13 rings (SSSR count). The predicted octanol–water partition coefficient (Wildman–Crippen LogP) is 15.4. The van der Waals surface area contributed by atoms with Gasteiger partial charge in [0.05, 0.1) is 132 Å². The summed E-state index contributed by atoms with van der Waals surface area (Å²) in [5.41, 5.74) is 7.51. The van der Waals surface area contributed by atoms with Crippen LogP contribution in [0.4, 0.5) is 13.2 Å². The number of hydrogen-bond donors (Lipinski definition) is 0. The van der Waals surface area contributed by atoms with E-state index in [1.807, 2.05) is 97.1 Å². The number of nitriles is 8. The number of allylic oxidation sites excluding steroid dienone is 8. The molecule has 408 valence electrons. The molecule has 14 heteroatoms. The Balaban J connectivity index is 1.20. The Hall–Kier alpha value is -13.1. The molecule has 11 aromatic rings. The van der Waals surface area contributed by atoms with E-state index in [0.29, 0.717) is 110 Å². The lowest BCUT2D eigenvalue weighted by Gasteiger charge is -2.22. The van der Waals surface area contributed by atoms with Crippen LogP contribution >= 0.6 is 0 Å². The fourth-order valence-electron chi connectivity index (χ4n) is 12.0. The van der Waals surface area contributed by atoms with Crippen LogP contribution in [0.1, 0.15) is 40.7 Å². The lowest BCUT2D eigenvalue weighted by atomic mass is 9.94. The number of halogens is 3. The number of aromatic nitrogens is 3. The topological polar surface area (TPSA) is 213 Å². The summed E-state index contributed by atoms with van der Waals surface area (Å²) in [4.78, 5) is 5.24. The van der Waals surface area contributed by atoms with Gasteiger partial charge in [-0.05, 0) is 153 Å². The number of pyridine rings is 1. The van der Waals surface area contributed by atoms with Crippen LogP contribution in [-0.2, 0) is 6.18 Å². The van der Waals surface area contributed by atoms with Crippen LogP contribution < -0.4 is 10.4 Å². The zero-order valence-electron chi connectivity index (χ0n) is 45.9. The van der Waals surface area contributed by atoms with E-state index in [9.17, 15) is 42.1 Å². The molecule has 3 aromatic heterocycles. The van der Waals surface area contributed by atoms with E-state index in [1.165, 1.54) is 30.4 Å². The second-order valence-corrected chi connectivity index (χ2v) is 21.2. The Morgan fingerprint density at radius 3 is 1.25 bits per heavy atom. The molecule has 0 bridgehead atoms. The fraction of sp³-hybridized carbons (Fsp3) is 0.0405. The van der Waals surface area contributed by atoms with Gasteiger partial charge in [-0.1, -0.05) is 84.9 Å². The number of rotatable bonds is 6. The molecule has 0 N–H and O–H groups in total. The summed E-state index contributed by atoms with van der Waals surface area (Å²) in [6.45, 7) is 0. The van der Waals surface area contributed by atoms with Gasteiger partial charge in [0.15, 0.2) is 0 Å². The number of fused-ring (bicyclic) bond motifs is 6. The molecule has 0 amide bonds. The third-order valence-corrected chi connectivity index (χ3v) is 15.9. The second kappa shape index (κ2) is 21.6. The highest BCUT2D eigenvalue weighted by Gasteiger charge is 2.37. The van der Waals surface area contributed by atoms with Crippen molar-refractivity contribution in [2.75, 3.05) is 0 Å². The molecule has 0 fully saturated rings. The molecule has 0 atom stereocenters. The van der Waals surface area contributed by atoms with Gasteiger partial charge >= 0.3 is 6.18 Å². The molecule has 0 unspecified atom stereocenters. The molecule has 2 aliphatic rings. The van der Waals surface area contributed by atoms with Gasteiger partial charge in [-0.2, -0.15) is 55.3 Å². The van der Waals surface area contributed by atoms with Crippen LogP contribution in [0.15, 0.2) is 216 Å². The molecular formula is C74H36F3N11. The normalized spacial score (nSPS) is 14.2. The quantitative estimate of drug-likeness (QED) is 0.155. The lowest BCUT2D eigenvalue weighted by molar-refractivity contribution is -0.137. The molecule has 3 heterocycles. The largest absolute Gasteiger partial charge is 0.418 e. The third kappa shape index (κ3) is 9.53. The lowest BCUT2D eigenvalue weighted by Crippen LogP contribution is -2.15. The maximum Gasteiger partial charge on any atom is 0.418 e. The van der Waals surface area contributed by atoms with E-state index >= 15 is 13.2 Å². The molecule has 11 nitrogen and oxygen atoms in total. The first kappa shape index (κ1) is 54.2. The van der Waals surface area contributed by atoms with E-state index < -0.39 is 11.7 Å². The van der Waals surface area contributed by atoms with Crippen LogP contribution in [0.2, 0.25) is 0 Å². The first-order chi connectivity index (χ1) is 42.8. The molecule has 0 saturated carbocycles. The van der Waals surface area contributed by atoms with Crippen molar-refractivity contribution in [2.45, 2.75) is 19.0 Å². The number of hydrogen-bond acceptors (Lipinski definition) is 9.